The van der Waals surface area contributed by atoms with Crippen LogP contribution in [0.25, 0.3) is 0 Å². The molecule has 214 valence electrons. The molecule has 3 aromatic rings. The van der Waals surface area contributed by atoms with Crippen molar-refractivity contribution in [2.75, 3.05) is 17.4 Å². The van der Waals surface area contributed by atoms with Gasteiger partial charge in [-0.2, -0.15) is 0 Å². The lowest BCUT2D eigenvalue weighted by Gasteiger charge is -2.34. The summed E-state index contributed by atoms with van der Waals surface area (Å²) in [6, 6.07) is 16.7. The predicted molar refractivity (Wildman–Crippen MR) is 162 cm³/mol. The summed E-state index contributed by atoms with van der Waals surface area (Å²) in [6.07, 6.45) is 0.995. The summed E-state index contributed by atoms with van der Waals surface area (Å²) in [7, 11) is -4.20. The van der Waals surface area contributed by atoms with Gasteiger partial charge in [-0.15, -0.1) is 0 Å². The summed E-state index contributed by atoms with van der Waals surface area (Å²) in [5.74, 6) is -0.953. The molecule has 0 saturated carbocycles. The third kappa shape index (κ3) is 7.49. The van der Waals surface area contributed by atoms with Crippen LogP contribution in [0.2, 0.25) is 15.1 Å². The van der Waals surface area contributed by atoms with E-state index in [0.717, 1.165) is 4.31 Å². The molecule has 0 spiro atoms. The lowest BCUT2D eigenvalue weighted by molar-refractivity contribution is -0.140. The molecule has 0 fully saturated rings. The number of benzene rings is 3. The van der Waals surface area contributed by atoms with Gasteiger partial charge in [-0.1, -0.05) is 79.0 Å². The maximum Gasteiger partial charge on any atom is 0.264 e. The molecule has 0 aromatic heterocycles. The average molecular weight is 625 g/mol. The monoisotopic (exact) mass is 623 g/mol. The van der Waals surface area contributed by atoms with Crippen LogP contribution < -0.4 is 9.62 Å². The van der Waals surface area contributed by atoms with Crippen LogP contribution in [0.5, 0.6) is 0 Å². The van der Waals surface area contributed by atoms with Crippen LogP contribution in [-0.2, 0) is 26.2 Å². The van der Waals surface area contributed by atoms with Crippen LogP contribution >= 0.6 is 34.8 Å². The molecule has 0 aliphatic carbocycles. The molecule has 0 aliphatic rings. The van der Waals surface area contributed by atoms with Crippen molar-refractivity contribution in [1.29, 1.82) is 0 Å². The largest absolute Gasteiger partial charge is 0.354 e. The summed E-state index contributed by atoms with van der Waals surface area (Å²) in [6.45, 7) is 5.19. The van der Waals surface area contributed by atoms with E-state index in [-0.39, 0.29) is 29.5 Å². The number of amides is 2. The number of hydrogen-bond donors (Lipinski definition) is 1. The first-order valence-corrected chi connectivity index (χ1v) is 15.4. The van der Waals surface area contributed by atoms with Crippen LogP contribution in [0.15, 0.2) is 71.6 Å². The van der Waals surface area contributed by atoms with Crippen LogP contribution in [0.4, 0.5) is 5.69 Å². The third-order valence-corrected chi connectivity index (χ3v) is 9.09. The fourth-order valence-corrected chi connectivity index (χ4v) is 6.40. The van der Waals surface area contributed by atoms with Gasteiger partial charge in [-0.3, -0.25) is 13.9 Å². The minimum Gasteiger partial charge on any atom is -0.354 e. The highest BCUT2D eigenvalue weighted by Gasteiger charge is 2.34. The van der Waals surface area contributed by atoms with E-state index in [1.54, 1.807) is 62.4 Å². The first kappa shape index (κ1) is 31.7. The number of carbonyl (C=O) groups excluding carboxylic acids is 2. The Morgan fingerprint density at radius 1 is 0.925 bits per heavy atom. The van der Waals surface area contributed by atoms with Gasteiger partial charge in [0.05, 0.1) is 10.6 Å². The maximum absolute atomic E-state index is 14.1. The summed E-state index contributed by atoms with van der Waals surface area (Å²) in [5.41, 5.74) is 1.31. The van der Waals surface area contributed by atoms with Gasteiger partial charge in [0.1, 0.15) is 12.6 Å². The number of anilines is 1. The fraction of sp³-hybridized carbons (Fsp3) is 0.310. The smallest absolute Gasteiger partial charge is 0.264 e. The van der Waals surface area contributed by atoms with Crippen LogP contribution in [-0.4, -0.2) is 44.3 Å². The lowest BCUT2D eigenvalue weighted by atomic mass is 10.1. The van der Waals surface area contributed by atoms with Crippen molar-refractivity contribution >= 4 is 62.3 Å². The molecule has 0 heterocycles. The second kappa shape index (κ2) is 14.2. The van der Waals surface area contributed by atoms with E-state index in [1.165, 1.54) is 23.1 Å². The van der Waals surface area contributed by atoms with E-state index in [2.05, 4.69) is 5.32 Å². The van der Waals surface area contributed by atoms with Crippen molar-refractivity contribution in [2.24, 2.45) is 0 Å². The van der Waals surface area contributed by atoms with E-state index >= 15 is 0 Å². The number of halogens is 3. The van der Waals surface area contributed by atoms with Crippen molar-refractivity contribution in [3.63, 3.8) is 0 Å². The first-order valence-electron chi connectivity index (χ1n) is 12.8. The highest BCUT2D eigenvalue weighted by molar-refractivity contribution is 7.92. The second-order valence-electron chi connectivity index (χ2n) is 9.19. The van der Waals surface area contributed by atoms with E-state index in [0.29, 0.717) is 39.2 Å². The summed E-state index contributed by atoms with van der Waals surface area (Å²) in [5, 5.41) is 3.81. The predicted octanol–water partition coefficient (Wildman–Crippen LogP) is 6.48. The molecule has 0 bridgehead atoms. The number of hydrogen-bond acceptors (Lipinski definition) is 4. The zero-order valence-electron chi connectivity index (χ0n) is 22.5. The molecule has 1 N–H and O–H groups in total. The third-order valence-electron chi connectivity index (χ3n) is 6.38. The highest BCUT2D eigenvalue weighted by atomic mass is 35.5. The summed E-state index contributed by atoms with van der Waals surface area (Å²) < 4.78 is 28.9. The first-order chi connectivity index (χ1) is 19.0. The molecule has 0 radical (unpaired) electrons. The van der Waals surface area contributed by atoms with Gasteiger partial charge in [-0.25, -0.2) is 8.42 Å². The molecule has 11 heteroatoms. The van der Waals surface area contributed by atoms with E-state index in [1.807, 2.05) is 6.92 Å². The molecule has 2 amide bonds. The minimum absolute atomic E-state index is 0.00982. The Balaban J connectivity index is 2.12. The normalized spacial score (nSPS) is 12.1. The summed E-state index contributed by atoms with van der Waals surface area (Å²) >= 11 is 19.1. The molecule has 1 atom stereocenters. The molecule has 3 aromatic carbocycles. The van der Waals surface area contributed by atoms with E-state index in [4.69, 9.17) is 34.8 Å². The van der Waals surface area contributed by atoms with Crippen molar-refractivity contribution < 1.29 is 18.0 Å². The van der Waals surface area contributed by atoms with Gasteiger partial charge in [0.25, 0.3) is 10.0 Å². The number of nitrogens with zero attached hydrogens (tertiary/aromatic N) is 2. The molecular weight excluding hydrogens is 593 g/mol. The van der Waals surface area contributed by atoms with E-state index in [9.17, 15) is 18.0 Å². The van der Waals surface area contributed by atoms with E-state index < -0.39 is 28.5 Å². The molecule has 7 nitrogen and oxygen atoms in total. The van der Waals surface area contributed by atoms with Crippen molar-refractivity contribution in [3.8, 4) is 0 Å². The molecule has 0 saturated heterocycles. The Morgan fingerprint density at radius 3 is 2.17 bits per heavy atom. The molecule has 0 unspecified atom stereocenters. The SMILES string of the molecule is CCCNC(=O)[C@@H](CC)N(Cc1c(Cl)cccc1Cl)C(=O)CN(c1cc(Cl)ccc1C)S(=O)(=O)c1ccccc1. The van der Waals surface area contributed by atoms with Crippen molar-refractivity contribution in [1.82, 2.24) is 10.2 Å². The fourth-order valence-electron chi connectivity index (χ4n) is 4.22. The topological polar surface area (TPSA) is 86.8 Å². The number of carbonyl (C=O) groups is 2. The highest BCUT2D eigenvalue weighted by Crippen LogP contribution is 2.31. The van der Waals surface area contributed by atoms with Gasteiger partial charge in [0.15, 0.2) is 0 Å². The Hall–Kier alpha value is -2.78. The second-order valence-corrected chi connectivity index (χ2v) is 12.3. The minimum atomic E-state index is -4.20. The molecule has 3 rings (SSSR count). The number of rotatable bonds is 12. The quantitative estimate of drug-likeness (QED) is 0.250. The van der Waals surface area contributed by atoms with Crippen LogP contribution in [0.3, 0.4) is 0 Å². The van der Waals surface area contributed by atoms with Crippen LogP contribution in [0, 0.1) is 6.92 Å². The number of sulfonamides is 1. The molecular formula is C29H32Cl3N3O4S. The van der Waals surface area contributed by atoms with Gasteiger partial charge < -0.3 is 10.2 Å². The van der Waals surface area contributed by atoms with Gasteiger partial charge in [0, 0.05) is 33.7 Å². The Morgan fingerprint density at radius 2 is 1.57 bits per heavy atom. The standard InChI is InChI=1S/C29H32Cl3N3O4S/c1-4-16-33-29(37)26(5-2)34(18-23-24(31)12-9-13-25(23)32)28(36)19-35(27-17-21(30)15-14-20(27)3)40(38,39)22-10-7-6-8-11-22/h6-15,17,26H,4-5,16,18-19H2,1-3H3,(H,33,37)/t26-/m1/s1. The Kier molecular flexibility index (Phi) is 11.3. The van der Waals surface area contributed by atoms with Gasteiger partial charge in [0.2, 0.25) is 11.8 Å². The van der Waals surface area contributed by atoms with Crippen molar-refractivity contribution in [2.45, 2.75) is 51.1 Å². The average Bonchev–Trinajstić information content (AvgIpc) is 2.93. The van der Waals surface area contributed by atoms with Gasteiger partial charge in [-0.05, 0) is 61.7 Å². The summed E-state index contributed by atoms with van der Waals surface area (Å²) in [4.78, 5) is 28.7. The van der Waals surface area contributed by atoms with Gasteiger partial charge >= 0.3 is 0 Å². The van der Waals surface area contributed by atoms with Crippen molar-refractivity contribution in [3.05, 3.63) is 92.9 Å². The lowest BCUT2D eigenvalue weighted by Crippen LogP contribution is -2.52. The van der Waals surface area contributed by atoms with Crippen LogP contribution in [0.1, 0.15) is 37.8 Å². The maximum atomic E-state index is 14.1. The Bertz CT molecular complexity index is 1430. The molecule has 0 aliphatic heterocycles. The Labute approximate surface area is 251 Å². The zero-order valence-corrected chi connectivity index (χ0v) is 25.6. The number of aryl methyl sites for hydroxylation is 1. The molecule has 40 heavy (non-hydrogen) atoms. The number of nitrogens with one attached hydrogen (secondary N) is 1. The zero-order chi connectivity index (χ0) is 29.4.